The molecule has 4 aliphatic heterocycles. The second-order valence-corrected chi connectivity index (χ2v) is 10.7. The van der Waals surface area contributed by atoms with Gasteiger partial charge >= 0.3 is 5.97 Å². The average Bonchev–Trinajstić information content (AvgIpc) is 3.19. The van der Waals surface area contributed by atoms with Gasteiger partial charge < -0.3 is 24.4 Å². The second kappa shape index (κ2) is 8.79. The molecule has 1 aliphatic carbocycles. The molecule has 2 amide bonds. The lowest BCUT2D eigenvalue weighted by molar-refractivity contribution is -0.161. The average molecular weight is 473 g/mol. The van der Waals surface area contributed by atoms with Crippen LogP contribution < -0.4 is 0 Å². The fourth-order valence-corrected chi connectivity index (χ4v) is 6.87. The minimum Gasteiger partial charge on any atom is -0.465 e. The largest absolute Gasteiger partial charge is 0.465 e. The van der Waals surface area contributed by atoms with Crippen LogP contribution >= 0.6 is 0 Å². The van der Waals surface area contributed by atoms with Gasteiger partial charge in [0.1, 0.15) is 17.6 Å². The van der Waals surface area contributed by atoms with Crippen LogP contribution in [-0.2, 0) is 23.9 Å². The molecule has 0 aromatic rings. The molecule has 5 aliphatic rings. The van der Waals surface area contributed by atoms with Gasteiger partial charge in [-0.3, -0.25) is 14.4 Å². The molecule has 186 valence electrons. The van der Waals surface area contributed by atoms with Crippen LogP contribution in [0.5, 0.6) is 0 Å². The van der Waals surface area contributed by atoms with Gasteiger partial charge in [0.25, 0.3) is 0 Å². The molecule has 2 saturated heterocycles. The number of carbonyl (C=O) groups excluding carboxylic acids is 3. The fraction of sp³-hybridized carbons (Fsp3) is 0.731. The van der Waals surface area contributed by atoms with Gasteiger partial charge in [-0.05, 0) is 39.5 Å². The quantitative estimate of drug-likeness (QED) is 0.498. The maximum atomic E-state index is 14.2. The van der Waals surface area contributed by atoms with Crippen LogP contribution in [0.1, 0.15) is 58.8 Å². The van der Waals surface area contributed by atoms with Crippen molar-refractivity contribution in [3.05, 3.63) is 24.3 Å². The molecular formula is C26H36N2O6. The van der Waals surface area contributed by atoms with E-state index in [1.807, 2.05) is 36.1 Å². The van der Waals surface area contributed by atoms with Crippen molar-refractivity contribution in [2.45, 2.75) is 88.1 Å². The first-order valence-electron chi connectivity index (χ1n) is 12.8. The molecule has 0 radical (unpaired) electrons. The number of nitrogens with zero attached hydrogens (tertiary/aromatic N) is 2. The van der Waals surface area contributed by atoms with Crippen LogP contribution in [0.4, 0.5) is 0 Å². The molecule has 3 fully saturated rings. The molecular weight excluding hydrogens is 436 g/mol. The summed E-state index contributed by atoms with van der Waals surface area (Å²) in [4.78, 5) is 44.9. The predicted molar refractivity (Wildman–Crippen MR) is 123 cm³/mol. The number of carbonyl (C=O) groups is 3. The Hall–Kier alpha value is -2.19. The third-order valence-electron chi connectivity index (χ3n) is 8.47. The highest BCUT2D eigenvalue weighted by atomic mass is 16.6. The van der Waals surface area contributed by atoms with Crippen LogP contribution in [-0.4, -0.2) is 81.8 Å². The van der Waals surface area contributed by atoms with E-state index in [4.69, 9.17) is 9.47 Å². The Morgan fingerprint density at radius 2 is 1.82 bits per heavy atom. The molecule has 5 rings (SSSR count). The zero-order chi connectivity index (χ0) is 24.1. The van der Waals surface area contributed by atoms with Crippen LogP contribution in [0.15, 0.2) is 24.3 Å². The monoisotopic (exact) mass is 472 g/mol. The van der Waals surface area contributed by atoms with E-state index in [-0.39, 0.29) is 31.1 Å². The first kappa shape index (κ1) is 23.5. The van der Waals surface area contributed by atoms with Crippen LogP contribution in [0.25, 0.3) is 0 Å². The zero-order valence-electron chi connectivity index (χ0n) is 20.2. The molecule has 1 saturated carbocycles. The number of amides is 2. The normalized spacial score (nSPS) is 40.4. The second-order valence-electron chi connectivity index (χ2n) is 10.7. The van der Waals surface area contributed by atoms with E-state index in [9.17, 15) is 19.5 Å². The van der Waals surface area contributed by atoms with Crippen molar-refractivity contribution in [2.75, 3.05) is 19.8 Å². The van der Waals surface area contributed by atoms with E-state index in [1.165, 1.54) is 11.3 Å². The molecule has 8 nitrogen and oxygen atoms in total. The molecule has 4 heterocycles. The maximum absolute atomic E-state index is 14.2. The first-order valence-corrected chi connectivity index (χ1v) is 12.8. The number of rotatable bonds is 3. The van der Waals surface area contributed by atoms with Gasteiger partial charge in [0.15, 0.2) is 0 Å². The predicted octanol–water partition coefficient (Wildman–Crippen LogP) is 1.96. The number of fused-ring (bicyclic) bond motifs is 2. The maximum Gasteiger partial charge on any atom is 0.313 e. The lowest BCUT2D eigenvalue weighted by Gasteiger charge is -2.41. The van der Waals surface area contributed by atoms with E-state index in [1.54, 1.807) is 6.92 Å². The van der Waals surface area contributed by atoms with Crippen LogP contribution in [0, 0.1) is 11.8 Å². The Kier molecular flexibility index (Phi) is 6.09. The summed E-state index contributed by atoms with van der Waals surface area (Å²) in [5.74, 6) is -2.70. The smallest absolute Gasteiger partial charge is 0.313 e. The van der Waals surface area contributed by atoms with E-state index in [0.29, 0.717) is 13.0 Å². The number of hydrogen-bond acceptors (Lipinski definition) is 6. The summed E-state index contributed by atoms with van der Waals surface area (Å²) >= 11 is 0. The zero-order valence-corrected chi connectivity index (χ0v) is 20.2. The third kappa shape index (κ3) is 3.44. The van der Waals surface area contributed by atoms with Crippen molar-refractivity contribution in [3.63, 3.8) is 0 Å². The Bertz CT molecular complexity index is 911. The highest BCUT2D eigenvalue weighted by Gasteiger charge is 2.75. The van der Waals surface area contributed by atoms with Crippen molar-refractivity contribution in [1.29, 1.82) is 0 Å². The molecule has 0 aromatic carbocycles. The molecule has 1 spiro atoms. The van der Waals surface area contributed by atoms with Gasteiger partial charge in [-0.1, -0.05) is 43.6 Å². The van der Waals surface area contributed by atoms with Gasteiger partial charge in [0.05, 0.1) is 30.8 Å². The van der Waals surface area contributed by atoms with Crippen molar-refractivity contribution in [3.8, 4) is 0 Å². The molecule has 1 N–H and O–H groups in total. The topological polar surface area (TPSA) is 96.4 Å². The highest BCUT2D eigenvalue weighted by molar-refractivity contribution is 5.99. The third-order valence-corrected chi connectivity index (χ3v) is 8.47. The Morgan fingerprint density at radius 3 is 2.56 bits per heavy atom. The number of aliphatic hydroxyl groups excluding tert-OH is 1. The van der Waals surface area contributed by atoms with Crippen molar-refractivity contribution >= 4 is 17.8 Å². The van der Waals surface area contributed by atoms with Crippen LogP contribution in [0.3, 0.4) is 0 Å². The summed E-state index contributed by atoms with van der Waals surface area (Å²) in [5.41, 5.74) is -2.36. The van der Waals surface area contributed by atoms with Gasteiger partial charge in [0.2, 0.25) is 11.8 Å². The summed E-state index contributed by atoms with van der Waals surface area (Å²) in [6, 6.07) is -1.39. The summed E-state index contributed by atoms with van der Waals surface area (Å²) in [6.45, 7) is 4.01. The van der Waals surface area contributed by atoms with Gasteiger partial charge in [-0.15, -0.1) is 0 Å². The SMILES string of the molecule is C[C@H](CO)N1C(=O)[C@@H]2[C@@H]3C(=O)OCCC/C=C\[C@]3(C)O[C@@]23C=CCN(C2CCCCC2)C(=O)C13. The minimum absolute atomic E-state index is 0.125. The molecule has 0 bridgehead atoms. The fourth-order valence-electron chi connectivity index (χ4n) is 6.87. The lowest BCUT2D eigenvalue weighted by atomic mass is 9.74. The van der Waals surface area contributed by atoms with Gasteiger partial charge in [-0.25, -0.2) is 0 Å². The lowest BCUT2D eigenvalue weighted by Crippen LogP contribution is -2.59. The number of hydrogen-bond donors (Lipinski definition) is 1. The Balaban J connectivity index is 1.63. The Labute approximate surface area is 200 Å². The van der Waals surface area contributed by atoms with Crippen LogP contribution in [0.2, 0.25) is 0 Å². The van der Waals surface area contributed by atoms with Gasteiger partial charge in [0, 0.05) is 12.6 Å². The number of esters is 1. The molecule has 34 heavy (non-hydrogen) atoms. The first-order chi connectivity index (χ1) is 16.3. The van der Waals surface area contributed by atoms with Crippen molar-refractivity contribution in [2.24, 2.45) is 11.8 Å². The summed E-state index contributed by atoms with van der Waals surface area (Å²) in [6.07, 6.45) is 14.3. The number of allylic oxidation sites excluding steroid dienone is 1. The summed E-state index contributed by atoms with van der Waals surface area (Å²) in [7, 11) is 0. The highest BCUT2D eigenvalue weighted by Crippen LogP contribution is 2.57. The van der Waals surface area contributed by atoms with E-state index < -0.39 is 41.1 Å². The summed E-state index contributed by atoms with van der Waals surface area (Å²) < 4.78 is 12.3. The molecule has 6 atom stereocenters. The van der Waals surface area contributed by atoms with Crippen molar-refractivity contribution < 1.29 is 29.0 Å². The van der Waals surface area contributed by atoms with E-state index in [0.717, 1.165) is 32.1 Å². The number of cyclic esters (lactones) is 1. The molecule has 1 unspecified atom stereocenters. The number of ether oxygens (including phenoxy) is 2. The van der Waals surface area contributed by atoms with Crippen molar-refractivity contribution in [1.82, 2.24) is 9.80 Å². The molecule has 0 aromatic heterocycles. The Morgan fingerprint density at radius 1 is 1.06 bits per heavy atom. The minimum atomic E-state index is -1.29. The summed E-state index contributed by atoms with van der Waals surface area (Å²) in [5, 5.41) is 10.0. The number of aliphatic hydroxyl groups is 1. The standard InChI is InChI=1S/C26H36N2O6/c1-17(16-29)28-21-23(31)27(18-10-5-3-6-11-18)14-9-13-26(21)19(22(28)30)20-24(32)33-15-8-4-7-12-25(20,2)34-26/h7,9,12-13,17-21,29H,3-6,8,10-11,14-16H2,1-2H3/b12-7-/t17-,19+,20-,21?,25+,26+/m1/s1. The van der Waals surface area contributed by atoms with E-state index >= 15 is 0 Å². The molecule has 8 heteroatoms. The van der Waals surface area contributed by atoms with Gasteiger partial charge in [-0.2, -0.15) is 0 Å². The number of likely N-dealkylation sites (tertiary alicyclic amines) is 1. The van der Waals surface area contributed by atoms with E-state index in [2.05, 4.69) is 0 Å².